The molecule has 0 aromatic carbocycles. The third-order valence-electron chi connectivity index (χ3n) is 4.01. The monoisotopic (exact) mass is 277 g/mol. The number of rotatable bonds is 3. The minimum absolute atomic E-state index is 0.219. The molecule has 0 atom stereocenters. The van der Waals surface area contributed by atoms with Crippen molar-refractivity contribution in [3.05, 3.63) is 23.8 Å². The van der Waals surface area contributed by atoms with Crippen LogP contribution in [0.5, 0.6) is 0 Å². The average molecular weight is 277 g/mol. The Hall–Kier alpha value is -1.20. The molecule has 1 N–H and O–H groups in total. The molecule has 0 unspecified atom stereocenters. The van der Waals surface area contributed by atoms with Crippen LogP contribution in [0.4, 0.5) is 0 Å². The summed E-state index contributed by atoms with van der Waals surface area (Å²) in [6.45, 7) is 13.8. The first-order valence-corrected chi connectivity index (χ1v) is 9.56. The number of H-pyrrole nitrogens is 1. The standard InChI is InChI=1S/C14H23N3OSi/c1-10-13-11(7-8-15-10)16-12(17-13)9-18-19(5,6)14(2,3)4/h7-8H,9H2,1-6H3,(H,16,17). The van der Waals surface area contributed by atoms with Crippen molar-refractivity contribution in [2.24, 2.45) is 0 Å². The maximum atomic E-state index is 6.17. The van der Waals surface area contributed by atoms with Gasteiger partial charge in [-0.3, -0.25) is 4.98 Å². The van der Waals surface area contributed by atoms with Crippen LogP contribution >= 0.6 is 0 Å². The topological polar surface area (TPSA) is 50.8 Å². The van der Waals surface area contributed by atoms with E-state index in [1.54, 1.807) is 6.20 Å². The van der Waals surface area contributed by atoms with Crippen LogP contribution in [-0.2, 0) is 11.0 Å². The molecule has 2 rings (SSSR count). The smallest absolute Gasteiger partial charge is 0.192 e. The van der Waals surface area contributed by atoms with Crippen molar-refractivity contribution in [2.45, 2.75) is 52.4 Å². The third kappa shape index (κ3) is 2.87. The van der Waals surface area contributed by atoms with E-state index in [9.17, 15) is 0 Å². The molecule has 2 heterocycles. The van der Waals surface area contributed by atoms with Crippen LogP contribution < -0.4 is 0 Å². The van der Waals surface area contributed by atoms with Crippen molar-refractivity contribution in [3.63, 3.8) is 0 Å². The minimum atomic E-state index is -1.73. The second kappa shape index (κ2) is 4.72. The predicted octanol–water partition coefficient (Wildman–Crippen LogP) is 3.79. The number of nitrogens with zero attached hydrogens (tertiary/aromatic N) is 2. The Morgan fingerprint density at radius 3 is 2.58 bits per heavy atom. The van der Waals surface area contributed by atoms with Gasteiger partial charge < -0.3 is 9.41 Å². The summed E-state index contributed by atoms with van der Waals surface area (Å²) >= 11 is 0. The molecule has 0 aliphatic carbocycles. The van der Waals surface area contributed by atoms with Crippen LogP contribution in [0.3, 0.4) is 0 Å². The van der Waals surface area contributed by atoms with Gasteiger partial charge in [-0.2, -0.15) is 0 Å². The van der Waals surface area contributed by atoms with E-state index >= 15 is 0 Å². The second-order valence-corrected chi connectivity index (χ2v) is 11.3. The predicted molar refractivity (Wildman–Crippen MR) is 80.6 cm³/mol. The first kappa shape index (κ1) is 14.2. The van der Waals surface area contributed by atoms with E-state index < -0.39 is 8.32 Å². The quantitative estimate of drug-likeness (QED) is 0.868. The van der Waals surface area contributed by atoms with Crippen LogP contribution in [0.15, 0.2) is 12.3 Å². The molecule has 0 bridgehead atoms. The van der Waals surface area contributed by atoms with Crippen LogP contribution in [-0.4, -0.2) is 23.3 Å². The fraction of sp³-hybridized carbons (Fsp3) is 0.571. The van der Waals surface area contributed by atoms with E-state index in [-0.39, 0.29) is 5.04 Å². The number of imidazole rings is 1. The van der Waals surface area contributed by atoms with Crippen molar-refractivity contribution in [1.82, 2.24) is 15.0 Å². The molecule has 0 radical (unpaired) electrons. The van der Waals surface area contributed by atoms with E-state index in [2.05, 4.69) is 48.8 Å². The van der Waals surface area contributed by atoms with E-state index in [1.807, 2.05) is 13.0 Å². The summed E-state index contributed by atoms with van der Waals surface area (Å²) in [5.74, 6) is 0.885. The van der Waals surface area contributed by atoms with Crippen molar-refractivity contribution in [3.8, 4) is 0 Å². The number of hydrogen-bond donors (Lipinski definition) is 1. The summed E-state index contributed by atoms with van der Waals surface area (Å²) in [4.78, 5) is 12.1. The molecule has 0 saturated heterocycles. The first-order valence-electron chi connectivity index (χ1n) is 6.65. The Morgan fingerprint density at radius 1 is 1.32 bits per heavy atom. The van der Waals surface area contributed by atoms with E-state index in [1.165, 1.54) is 0 Å². The van der Waals surface area contributed by atoms with Crippen LogP contribution in [0.1, 0.15) is 32.3 Å². The number of hydrogen-bond acceptors (Lipinski definition) is 3. The Balaban J connectivity index is 2.17. The summed E-state index contributed by atoms with van der Waals surface area (Å²) in [5.41, 5.74) is 2.92. The Labute approximate surface area is 115 Å². The van der Waals surface area contributed by atoms with Gasteiger partial charge in [0.25, 0.3) is 0 Å². The molecule has 104 valence electrons. The summed E-state index contributed by atoms with van der Waals surface area (Å²) in [7, 11) is -1.73. The highest BCUT2D eigenvalue weighted by Crippen LogP contribution is 2.36. The molecule has 4 nitrogen and oxygen atoms in total. The minimum Gasteiger partial charge on any atom is -0.409 e. The summed E-state index contributed by atoms with van der Waals surface area (Å²) < 4.78 is 6.17. The van der Waals surface area contributed by atoms with Crippen LogP contribution in [0.25, 0.3) is 11.0 Å². The van der Waals surface area contributed by atoms with Gasteiger partial charge in [0, 0.05) is 6.20 Å². The zero-order valence-corrected chi connectivity index (χ0v) is 13.7. The van der Waals surface area contributed by atoms with Gasteiger partial charge in [-0.15, -0.1) is 0 Å². The molecule has 2 aromatic rings. The third-order valence-corrected chi connectivity index (χ3v) is 8.49. The zero-order valence-electron chi connectivity index (χ0n) is 12.7. The second-order valence-electron chi connectivity index (χ2n) is 6.53. The molecular weight excluding hydrogens is 254 g/mol. The molecule has 0 saturated carbocycles. The van der Waals surface area contributed by atoms with Crippen molar-refractivity contribution >= 4 is 19.4 Å². The summed E-state index contributed by atoms with van der Waals surface area (Å²) in [6.07, 6.45) is 1.80. The van der Waals surface area contributed by atoms with Crippen LogP contribution in [0.2, 0.25) is 18.1 Å². The molecule has 0 aliphatic rings. The van der Waals surface area contributed by atoms with Gasteiger partial charge in [-0.25, -0.2) is 4.98 Å². The molecule has 0 aliphatic heterocycles. The maximum Gasteiger partial charge on any atom is 0.192 e. The molecule has 0 spiro atoms. The molecule has 5 heteroatoms. The van der Waals surface area contributed by atoms with E-state index in [0.717, 1.165) is 22.6 Å². The van der Waals surface area contributed by atoms with Crippen molar-refractivity contribution in [2.75, 3.05) is 0 Å². The average Bonchev–Trinajstić information content (AvgIpc) is 2.69. The van der Waals surface area contributed by atoms with Crippen LogP contribution in [0, 0.1) is 6.92 Å². The highest BCUT2D eigenvalue weighted by atomic mass is 28.4. The van der Waals surface area contributed by atoms with Crippen molar-refractivity contribution < 1.29 is 4.43 Å². The number of nitrogens with one attached hydrogen (secondary N) is 1. The normalized spacial score (nSPS) is 13.2. The summed E-state index contributed by atoms with van der Waals surface area (Å²) in [5, 5.41) is 0.219. The van der Waals surface area contributed by atoms with E-state index in [4.69, 9.17) is 4.43 Å². The number of pyridine rings is 1. The lowest BCUT2D eigenvalue weighted by Crippen LogP contribution is -2.40. The van der Waals surface area contributed by atoms with Gasteiger partial charge in [-0.1, -0.05) is 20.8 Å². The maximum absolute atomic E-state index is 6.17. The van der Waals surface area contributed by atoms with E-state index in [0.29, 0.717) is 6.61 Å². The molecule has 19 heavy (non-hydrogen) atoms. The highest BCUT2D eigenvalue weighted by molar-refractivity contribution is 6.74. The fourth-order valence-electron chi connectivity index (χ4n) is 1.65. The number of fused-ring (bicyclic) bond motifs is 1. The lowest BCUT2D eigenvalue weighted by atomic mass is 10.2. The largest absolute Gasteiger partial charge is 0.409 e. The van der Waals surface area contributed by atoms with Crippen molar-refractivity contribution in [1.29, 1.82) is 0 Å². The Bertz CT molecular complexity index is 584. The first-order chi connectivity index (χ1) is 8.71. The number of aromatic amines is 1. The van der Waals surface area contributed by atoms with Gasteiger partial charge in [0.2, 0.25) is 0 Å². The molecular formula is C14H23N3OSi. The lowest BCUT2D eigenvalue weighted by Gasteiger charge is -2.35. The van der Waals surface area contributed by atoms with Gasteiger partial charge >= 0.3 is 0 Å². The molecule has 0 amide bonds. The van der Waals surface area contributed by atoms with Gasteiger partial charge in [0.05, 0.1) is 17.8 Å². The molecule has 2 aromatic heterocycles. The van der Waals surface area contributed by atoms with Gasteiger partial charge in [0.1, 0.15) is 11.3 Å². The highest BCUT2D eigenvalue weighted by Gasteiger charge is 2.37. The molecule has 0 fully saturated rings. The zero-order chi connectivity index (χ0) is 14.3. The number of aryl methyl sites for hydroxylation is 1. The Morgan fingerprint density at radius 2 is 2.00 bits per heavy atom. The lowest BCUT2D eigenvalue weighted by molar-refractivity contribution is 0.268. The summed E-state index contributed by atoms with van der Waals surface area (Å²) in [6, 6.07) is 1.95. The Kier molecular flexibility index (Phi) is 3.53. The SMILES string of the molecule is Cc1nccc2[nH]c(CO[Si](C)(C)C(C)(C)C)nc12. The fourth-order valence-corrected chi connectivity index (χ4v) is 2.58. The van der Waals surface area contributed by atoms with Gasteiger partial charge in [0.15, 0.2) is 8.32 Å². The number of aromatic nitrogens is 3. The van der Waals surface area contributed by atoms with Gasteiger partial charge in [-0.05, 0) is 31.1 Å².